The average molecular weight is 368 g/mol. The topological polar surface area (TPSA) is 64.2 Å². The number of halogens is 1. The number of benzene rings is 1. The van der Waals surface area contributed by atoms with Gasteiger partial charge in [-0.1, -0.05) is 12.1 Å². The van der Waals surface area contributed by atoms with Crippen molar-refractivity contribution in [3.8, 4) is 11.5 Å². The minimum atomic E-state index is -0.412. The van der Waals surface area contributed by atoms with E-state index in [0.29, 0.717) is 12.4 Å². The summed E-state index contributed by atoms with van der Waals surface area (Å²) in [4.78, 5) is 14.9. The lowest BCUT2D eigenvalue weighted by Gasteiger charge is -2.35. The molecule has 1 aliphatic heterocycles. The van der Waals surface area contributed by atoms with E-state index >= 15 is 0 Å². The molecule has 1 amide bonds. The zero-order chi connectivity index (χ0) is 18.8. The van der Waals surface area contributed by atoms with Crippen LogP contribution in [0.2, 0.25) is 0 Å². The smallest absolute Gasteiger partial charge is 0.250 e. The number of rotatable bonds is 4. The summed E-state index contributed by atoms with van der Waals surface area (Å²) in [5.41, 5.74) is 0.269. The van der Waals surface area contributed by atoms with E-state index in [9.17, 15) is 9.18 Å². The molecule has 4 rings (SSSR count). The predicted octanol–water partition coefficient (Wildman–Crippen LogP) is 3.99. The Labute approximate surface area is 156 Å². The molecule has 1 saturated heterocycles. The maximum Gasteiger partial charge on any atom is 0.250 e. The van der Waals surface area contributed by atoms with E-state index < -0.39 is 5.82 Å². The normalized spacial score (nSPS) is 18.4. The largest absolute Gasteiger partial charge is 0.418 e. The standard InChI is InChI=1S/C20H21FN4O2/c1-14(24-11-6-7-12-24)20(26)25-13-5-4-10-17(25)19-23-22-18(27-19)15-8-2-3-9-16(15)21/h2-3,6-9,11-12,14,17H,4-5,10,13H2,1H3/t14-,17-/m0/s1. The van der Waals surface area contributed by atoms with Crippen molar-refractivity contribution in [3.63, 3.8) is 0 Å². The fourth-order valence-corrected chi connectivity index (χ4v) is 3.54. The molecular weight excluding hydrogens is 347 g/mol. The quantitative estimate of drug-likeness (QED) is 0.698. The van der Waals surface area contributed by atoms with Crippen LogP contribution >= 0.6 is 0 Å². The van der Waals surface area contributed by atoms with Crippen molar-refractivity contribution in [2.24, 2.45) is 0 Å². The van der Waals surface area contributed by atoms with Crippen LogP contribution in [-0.4, -0.2) is 32.1 Å². The van der Waals surface area contributed by atoms with Crippen LogP contribution in [0.5, 0.6) is 0 Å². The highest BCUT2D eigenvalue weighted by atomic mass is 19.1. The van der Waals surface area contributed by atoms with Crippen LogP contribution < -0.4 is 0 Å². The van der Waals surface area contributed by atoms with Crippen molar-refractivity contribution in [1.82, 2.24) is 19.7 Å². The van der Waals surface area contributed by atoms with Gasteiger partial charge in [0.15, 0.2) is 0 Å². The lowest BCUT2D eigenvalue weighted by atomic mass is 10.0. The molecule has 7 heteroatoms. The predicted molar refractivity (Wildman–Crippen MR) is 97.1 cm³/mol. The van der Waals surface area contributed by atoms with Gasteiger partial charge in [-0.25, -0.2) is 4.39 Å². The van der Waals surface area contributed by atoms with Crippen molar-refractivity contribution in [2.45, 2.75) is 38.3 Å². The highest BCUT2D eigenvalue weighted by molar-refractivity contribution is 5.80. The average Bonchev–Trinajstić information content (AvgIpc) is 3.39. The minimum Gasteiger partial charge on any atom is -0.418 e. The number of carbonyl (C=O) groups excluding carboxylic acids is 1. The second-order valence-corrected chi connectivity index (χ2v) is 6.77. The van der Waals surface area contributed by atoms with Gasteiger partial charge in [0.1, 0.15) is 17.9 Å². The Balaban J connectivity index is 1.60. The van der Waals surface area contributed by atoms with E-state index in [0.717, 1.165) is 19.3 Å². The number of carbonyl (C=O) groups is 1. The molecule has 1 aromatic carbocycles. The third kappa shape index (κ3) is 3.37. The fraction of sp³-hybridized carbons (Fsp3) is 0.350. The number of amides is 1. The number of hydrogen-bond acceptors (Lipinski definition) is 4. The van der Waals surface area contributed by atoms with Crippen LogP contribution in [0.4, 0.5) is 4.39 Å². The maximum absolute atomic E-state index is 14.0. The van der Waals surface area contributed by atoms with Gasteiger partial charge in [0.05, 0.1) is 5.56 Å². The van der Waals surface area contributed by atoms with Gasteiger partial charge in [-0.3, -0.25) is 4.79 Å². The van der Waals surface area contributed by atoms with Crippen molar-refractivity contribution < 1.29 is 13.6 Å². The van der Waals surface area contributed by atoms with Crippen LogP contribution in [0.25, 0.3) is 11.5 Å². The van der Waals surface area contributed by atoms with Gasteiger partial charge in [0, 0.05) is 18.9 Å². The van der Waals surface area contributed by atoms with E-state index in [2.05, 4.69) is 10.2 Å². The number of nitrogens with zero attached hydrogens (tertiary/aromatic N) is 4. The Kier molecular flexibility index (Phi) is 4.75. The van der Waals surface area contributed by atoms with Crippen LogP contribution in [0.1, 0.15) is 44.2 Å². The number of aromatic nitrogens is 3. The molecule has 27 heavy (non-hydrogen) atoms. The van der Waals surface area contributed by atoms with Crippen molar-refractivity contribution >= 4 is 5.91 Å². The molecule has 0 N–H and O–H groups in total. The molecule has 6 nitrogen and oxygen atoms in total. The first-order valence-corrected chi connectivity index (χ1v) is 9.16. The van der Waals surface area contributed by atoms with Crippen molar-refractivity contribution in [3.05, 3.63) is 60.5 Å². The van der Waals surface area contributed by atoms with E-state index in [-0.39, 0.29) is 29.4 Å². The van der Waals surface area contributed by atoms with Gasteiger partial charge in [-0.15, -0.1) is 10.2 Å². The van der Waals surface area contributed by atoms with E-state index in [1.54, 1.807) is 18.2 Å². The zero-order valence-electron chi connectivity index (χ0n) is 15.1. The molecular formula is C20H21FN4O2. The van der Waals surface area contributed by atoms with Gasteiger partial charge in [0.2, 0.25) is 11.8 Å². The molecule has 1 fully saturated rings. The second kappa shape index (κ2) is 7.34. The highest BCUT2D eigenvalue weighted by Gasteiger charge is 2.34. The number of hydrogen-bond donors (Lipinski definition) is 0. The monoisotopic (exact) mass is 368 g/mol. The third-order valence-electron chi connectivity index (χ3n) is 5.05. The lowest BCUT2D eigenvalue weighted by molar-refractivity contribution is -0.138. The molecule has 140 valence electrons. The molecule has 0 unspecified atom stereocenters. The SMILES string of the molecule is C[C@@H](C(=O)N1CCCC[C@H]1c1nnc(-c2ccccc2F)o1)n1cccc1. The van der Waals surface area contributed by atoms with Gasteiger partial charge >= 0.3 is 0 Å². The Morgan fingerprint density at radius 2 is 1.96 bits per heavy atom. The van der Waals surface area contributed by atoms with Crippen LogP contribution in [0.15, 0.2) is 53.2 Å². The molecule has 3 heterocycles. The molecule has 0 spiro atoms. The molecule has 1 aliphatic rings. The Bertz CT molecular complexity index is 922. The summed E-state index contributed by atoms with van der Waals surface area (Å²) < 4.78 is 21.7. The molecule has 0 aliphatic carbocycles. The molecule has 3 aromatic rings. The number of piperidine rings is 1. The third-order valence-corrected chi connectivity index (χ3v) is 5.05. The summed E-state index contributed by atoms with van der Waals surface area (Å²) in [5.74, 6) is 0.104. The zero-order valence-corrected chi connectivity index (χ0v) is 15.1. The summed E-state index contributed by atoms with van der Waals surface area (Å²) in [6, 6.07) is 9.50. The first kappa shape index (κ1) is 17.5. The van der Waals surface area contributed by atoms with Crippen LogP contribution in [0.3, 0.4) is 0 Å². The summed E-state index contributed by atoms with van der Waals surface area (Å²) in [6.45, 7) is 2.53. The number of likely N-dealkylation sites (tertiary alicyclic amines) is 1. The summed E-state index contributed by atoms with van der Waals surface area (Å²) >= 11 is 0. The molecule has 0 radical (unpaired) electrons. The minimum absolute atomic E-state index is 0.0153. The molecule has 0 bridgehead atoms. The molecule has 0 saturated carbocycles. The van der Waals surface area contributed by atoms with E-state index in [1.165, 1.54) is 6.07 Å². The first-order chi connectivity index (χ1) is 13.1. The van der Waals surface area contributed by atoms with Crippen molar-refractivity contribution in [2.75, 3.05) is 6.54 Å². The molecule has 2 atom stereocenters. The van der Waals surface area contributed by atoms with Crippen LogP contribution in [0, 0.1) is 5.82 Å². The second-order valence-electron chi connectivity index (χ2n) is 6.77. The summed E-state index contributed by atoms with van der Waals surface area (Å²) in [6.07, 6.45) is 6.43. The van der Waals surface area contributed by atoms with E-state index in [1.807, 2.05) is 40.9 Å². The van der Waals surface area contributed by atoms with Gasteiger partial charge < -0.3 is 13.9 Å². The Morgan fingerprint density at radius 3 is 2.74 bits per heavy atom. The van der Waals surface area contributed by atoms with Gasteiger partial charge in [-0.05, 0) is 50.5 Å². The van der Waals surface area contributed by atoms with Crippen LogP contribution in [-0.2, 0) is 4.79 Å². The van der Waals surface area contributed by atoms with E-state index in [4.69, 9.17) is 4.42 Å². The summed E-state index contributed by atoms with van der Waals surface area (Å²) in [5, 5.41) is 8.14. The summed E-state index contributed by atoms with van der Waals surface area (Å²) in [7, 11) is 0. The van der Waals surface area contributed by atoms with Gasteiger partial charge in [0.25, 0.3) is 5.89 Å². The first-order valence-electron chi connectivity index (χ1n) is 9.16. The van der Waals surface area contributed by atoms with Crippen molar-refractivity contribution in [1.29, 1.82) is 0 Å². The Hall–Kier alpha value is -2.96. The lowest BCUT2D eigenvalue weighted by Crippen LogP contribution is -2.41. The Morgan fingerprint density at radius 1 is 1.19 bits per heavy atom. The highest BCUT2D eigenvalue weighted by Crippen LogP contribution is 2.33. The van der Waals surface area contributed by atoms with Gasteiger partial charge in [-0.2, -0.15) is 0 Å². The fourth-order valence-electron chi connectivity index (χ4n) is 3.54. The maximum atomic E-state index is 14.0. The molecule has 2 aromatic heterocycles.